The van der Waals surface area contributed by atoms with Crippen molar-refractivity contribution in [2.24, 2.45) is 0 Å². The van der Waals surface area contributed by atoms with Gasteiger partial charge in [-0.2, -0.15) is 0 Å². The molecule has 1 N–H and O–H groups in total. The fourth-order valence-corrected chi connectivity index (χ4v) is 6.26. The zero-order chi connectivity index (χ0) is 90.2. The number of rotatable bonds is 21. The molecule has 0 saturated heterocycles. The number of hydrogen-bond acceptors (Lipinski definition) is 31. The summed E-state index contributed by atoms with van der Waals surface area (Å²) in [6.45, 7) is 3.96. The van der Waals surface area contributed by atoms with E-state index in [0.717, 1.165) is 0 Å². The second-order valence-corrected chi connectivity index (χ2v) is 23.9. The van der Waals surface area contributed by atoms with Gasteiger partial charge in [0.25, 0.3) is 0 Å². The van der Waals surface area contributed by atoms with Crippen molar-refractivity contribution in [3.63, 3.8) is 0 Å². The average Bonchev–Trinajstić information content (AvgIpc) is 1.00. The van der Waals surface area contributed by atoms with E-state index in [2.05, 4.69) is 0 Å². The Morgan fingerprint density at radius 2 is 0.231 bits per heavy atom. The number of aromatic carboxylic acids is 9. The second kappa shape index (κ2) is 133. The van der Waals surface area contributed by atoms with Gasteiger partial charge in [-0.15, -0.1) is 39.6 Å². The van der Waals surface area contributed by atoms with Gasteiger partial charge in [-0.05, 0) is 174 Å². The minimum Gasteiger partial charge on any atom is -2.00 e. The monoisotopic (exact) mass is 2300 g/mol. The second-order valence-electron chi connectivity index (χ2n) is 23.9. The van der Waals surface area contributed by atoms with Crippen LogP contribution in [0.25, 0.3) is 0 Å². The molecular formula is C87H106Cu6N6O31Ti4. The minimum absolute atomic E-state index is 0. The van der Waals surface area contributed by atoms with Gasteiger partial charge in [0.1, 0.15) is 0 Å². The molecule has 6 radical (unpaired) electrons. The van der Waals surface area contributed by atoms with Crippen LogP contribution in [0.4, 0.5) is 0 Å². The number of carboxylic acid groups (broad SMARTS) is 9. The molecule has 134 heavy (non-hydrogen) atoms. The zero-order valence-electron chi connectivity index (χ0n) is 74.7. The predicted molar refractivity (Wildman–Crippen MR) is 424 cm³/mol. The van der Waals surface area contributed by atoms with Crippen molar-refractivity contribution in [1.29, 1.82) is 0 Å². The van der Waals surface area contributed by atoms with Crippen LogP contribution in [0.1, 0.15) is 93.2 Å². The van der Waals surface area contributed by atoms with Crippen LogP contribution in [0.15, 0.2) is 273 Å². The summed E-state index contributed by atoms with van der Waals surface area (Å²) in [5, 5.41) is 149. The number of hydrogen-bond donors (Lipinski definition) is 0. The first-order chi connectivity index (χ1) is 55.4. The molecule has 0 spiro atoms. The number of likely N-dealkylation sites (N-methyl/N-ethyl adjacent to an activating group) is 6. The van der Waals surface area contributed by atoms with Gasteiger partial charge in [-0.1, -0.05) is 273 Å². The van der Waals surface area contributed by atoms with Crippen molar-refractivity contribution in [3.05, 3.63) is 323 Å². The Morgan fingerprint density at radius 1 is 0.172 bits per heavy atom. The summed E-state index contributed by atoms with van der Waals surface area (Å²) in [4.78, 5) is 102. The number of carboxylic acids is 9. The fraction of sp³-hybridized carbons (Fsp3) is 0.276. The van der Waals surface area contributed by atoms with Crippen LogP contribution in [0.3, 0.4) is 0 Å². The van der Waals surface area contributed by atoms with Crippen LogP contribution in [0.2, 0.25) is 0 Å². The molecule has 9 rings (SSSR count). The third-order valence-electron chi connectivity index (χ3n) is 12.3. The summed E-state index contributed by atoms with van der Waals surface area (Å²) in [5.41, 5.74) is 1.98. The van der Waals surface area contributed by atoms with Crippen molar-refractivity contribution in [2.75, 3.05) is 163 Å². The van der Waals surface area contributed by atoms with Crippen LogP contribution >= 0.6 is 0 Å². The molecule has 0 heterocycles. The van der Waals surface area contributed by atoms with Gasteiger partial charge in [0, 0.05) is 0 Å². The Bertz CT molecular complexity index is 3140. The van der Waals surface area contributed by atoms with E-state index in [0.29, 0.717) is 39.3 Å². The standard InChI is InChI=1S/9C7H6O2.6C4H10NO.6Cu.H2O.6O.4Ti/c9*8-7(9)6-4-2-1-3-5-6;6*1-5(2)3-4-6;;;;;;;;;;;;;;;;;/h9*1-5H,(H,8,9);6*3-4H2,1-2H3;;;;;;;1H2;;;;;;;;;;/q;;;;;;;;;6*-1;6*+2;;6*-2;4*+4/p-10. The predicted octanol–water partition coefficient (Wildman–Crippen LogP) is -7.01. The first kappa shape index (κ1) is 187. The molecule has 9 aromatic carbocycles. The third-order valence-corrected chi connectivity index (χ3v) is 12.3. The van der Waals surface area contributed by atoms with Gasteiger partial charge in [0.05, 0.1) is 53.7 Å². The van der Waals surface area contributed by atoms with Gasteiger partial charge in [-0.3, -0.25) is 0 Å². The molecule has 9 aromatic rings. The first-order valence-electron chi connectivity index (χ1n) is 35.1. The third kappa shape index (κ3) is 136. The van der Waals surface area contributed by atoms with Gasteiger partial charge >= 0.3 is 189 Å². The van der Waals surface area contributed by atoms with Crippen LogP contribution in [-0.2, 0) is 222 Å². The smallest absolute Gasteiger partial charge is 2.00 e. The van der Waals surface area contributed by atoms with Crippen LogP contribution < -0.4 is 76.6 Å². The van der Waals surface area contributed by atoms with E-state index in [1.54, 1.807) is 164 Å². The quantitative estimate of drug-likeness (QED) is 0.0603. The van der Waals surface area contributed by atoms with E-state index in [9.17, 15) is 120 Å². The normalized spacial score (nSPS) is 8.06. The Labute approximate surface area is 908 Å². The molecule has 37 nitrogen and oxygen atoms in total. The fourth-order valence-electron chi connectivity index (χ4n) is 6.26. The van der Waals surface area contributed by atoms with Crippen molar-refractivity contribution in [1.82, 2.24) is 29.4 Å². The summed E-state index contributed by atoms with van der Waals surface area (Å²) in [6, 6.07) is 72.6. The maximum Gasteiger partial charge on any atom is 4.00 e. The molecule has 0 aromatic heterocycles. The van der Waals surface area contributed by atoms with Crippen LogP contribution in [-0.4, -0.2) is 252 Å². The Balaban J connectivity index is -0.0000000466. The minimum atomic E-state index is -1.13. The molecule has 0 amide bonds. The SMILES string of the molecule is CN(C)CC[O-].CN(C)CC[O-].CN(C)CC[O-].CN(C)CC[O-].CN(C)CC[O-].CN(C)CC[O-].O=C([O-])c1ccccc1.O=C([O-])c1ccccc1.O=C([O-])c1ccccc1.O=C([O-])c1ccccc1.O=C([O-])c1ccccc1.O=C([O-])c1ccccc1.O=C([O-])c1ccccc1.O=C([O-])c1ccccc1.O=C([O-])c1ccccc1.[Cu+2].[Cu+2].[Cu+2].[Cu+2].[Cu+2].[Cu+2].[O-2].[O-2].[O-2].[O-2].[O-2].[O-2].[OH-].[Ti+4].[Ti+4].[Ti+4].[Ti+4]. The molecule has 0 aliphatic carbocycles. The maximum atomic E-state index is 10.1. The maximum absolute atomic E-state index is 10.1. The molecule has 0 aliphatic rings. The molecule has 47 heteroatoms. The molecule has 752 valence electrons. The summed E-state index contributed by atoms with van der Waals surface area (Å²) in [5.74, 6) is -10.2. The first-order valence-corrected chi connectivity index (χ1v) is 35.1. The van der Waals surface area contributed by atoms with Crippen molar-refractivity contribution >= 4 is 53.7 Å². The van der Waals surface area contributed by atoms with Gasteiger partial charge in [0.2, 0.25) is 0 Å². The zero-order valence-corrected chi connectivity index (χ0v) is 86.5. The largest absolute Gasteiger partial charge is 4.00 e. The summed E-state index contributed by atoms with van der Waals surface area (Å²) in [6.07, 6.45) is 0. The summed E-state index contributed by atoms with van der Waals surface area (Å²) >= 11 is 0. The number of carbonyl (C=O) groups is 9. The van der Waals surface area contributed by atoms with E-state index in [1.807, 2.05) is 114 Å². The molecule has 0 saturated carbocycles. The number of benzene rings is 9. The molecule has 0 atom stereocenters. The summed E-state index contributed by atoms with van der Waals surface area (Å²) in [7, 11) is 22.6. The molecule has 0 fully saturated rings. The van der Waals surface area contributed by atoms with E-state index in [-0.39, 0.29) is 317 Å². The van der Waals surface area contributed by atoms with Crippen molar-refractivity contribution < 1.29 is 347 Å². The molecule has 0 unspecified atom stereocenters. The van der Waals surface area contributed by atoms with E-state index >= 15 is 0 Å². The Kier molecular flexibility index (Phi) is 185. The topological polar surface area (TPSA) is 720 Å². The Morgan fingerprint density at radius 3 is 0.254 bits per heavy atom. The van der Waals surface area contributed by atoms with Crippen molar-refractivity contribution in [2.45, 2.75) is 0 Å². The number of carbonyl (C=O) groups excluding carboxylic acids is 9. The van der Waals surface area contributed by atoms with E-state index in [1.165, 1.54) is 109 Å². The average molecular weight is 2300 g/mol. The van der Waals surface area contributed by atoms with Gasteiger partial charge < -0.3 is 187 Å². The van der Waals surface area contributed by atoms with E-state index in [4.69, 9.17) is 0 Å². The number of nitrogens with zero attached hydrogens (tertiary/aromatic N) is 6. The molecule has 0 aliphatic heterocycles. The van der Waals surface area contributed by atoms with Gasteiger partial charge in [0.15, 0.2) is 0 Å². The summed E-state index contributed by atoms with van der Waals surface area (Å²) < 4.78 is 0. The molecule has 0 bridgehead atoms. The van der Waals surface area contributed by atoms with Gasteiger partial charge in [-0.25, -0.2) is 0 Å². The van der Waals surface area contributed by atoms with Crippen LogP contribution in [0, 0.1) is 0 Å². The molecular weight excluding hydrogens is 2200 g/mol. The van der Waals surface area contributed by atoms with E-state index < -0.39 is 53.7 Å². The Hall–Kier alpha value is -6.58. The van der Waals surface area contributed by atoms with Crippen molar-refractivity contribution in [3.8, 4) is 0 Å². The van der Waals surface area contributed by atoms with Crippen LogP contribution in [0.5, 0.6) is 0 Å².